The zero-order chi connectivity index (χ0) is 10.1. The lowest BCUT2D eigenvalue weighted by molar-refractivity contribution is 0.614. The number of rotatable bonds is 1. The van der Waals surface area contributed by atoms with Crippen LogP contribution in [0.1, 0.15) is 18.1 Å². The molecule has 0 saturated heterocycles. The molecule has 0 bridgehead atoms. The SMILES string of the molecule is CCc1cc2[nH]cc(C#N)c2cc1F. The van der Waals surface area contributed by atoms with Crippen LogP contribution in [0.15, 0.2) is 18.3 Å². The molecule has 0 fully saturated rings. The van der Waals surface area contributed by atoms with Gasteiger partial charge in [-0.15, -0.1) is 0 Å². The molecule has 1 N–H and O–H groups in total. The number of hydrogen-bond donors (Lipinski definition) is 1. The molecule has 3 heteroatoms. The summed E-state index contributed by atoms with van der Waals surface area (Å²) < 4.78 is 13.4. The van der Waals surface area contributed by atoms with Crippen molar-refractivity contribution in [3.63, 3.8) is 0 Å². The van der Waals surface area contributed by atoms with Gasteiger partial charge in [-0.1, -0.05) is 6.92 Å². The van der Waals surface area contributed by atoms with Crippen LogP contribution in [0, 0.1) is 17.1 Å². The van der Waals surface area contributed by atoms with E-state index in [1.54, 1.807) is 12.3 Å². The number of nitrogens with zero attached hydrogens (tertiary/aromatic N) is 1. The number of aryl methyl sites for hydroxylation is 1. The van der Waals surface area contributed by atoms with E-state index in [1.165, 1.54) is 6.07 Å². The fraction of sp³-hybridized carbons (Fsp3) is 0.182. The topological polar surface area (TPSA) is 39.6 Å². The van der Waals surface area contributed by atoms with Gasteiger partial charge in [0.2, 0.25) is 0 Å². The maximum atomic E-state index is 13.4. The average molecular weight is 188 g/mol. The molecule has 70 valence electrons. The van der Waals surface area contributed by atoms with Crippen LogP contribution in [0.2, 0.25) is 0 Å². The van der Waals surface area contributed by atoms with Crippen molar-refractivity contribution in [3.05, 3.63) is 35.3 Å². The minimum absolute atomic E-state index is 0.240. The molecule has 14 heavy (non-hydrogen) atoms. The maximum absolute atomic E-state index is 13.4. The molecule has 1 heterocycles. The summed E-state index contributed by atoms with van der Waals surface area (Å²) in [6.07, 6.45) is 2.26. The largest absolute Gasteiger partial charge is 0.360 e. The van der Waals surface area contributed by atoms with Crippen LogP contribution in [-0.4, -0.2) is 4.98 Å². The molecule has 0 radical (unpaired) electrons. The smallest absolute Gasteiger partial charge is 0.127 e. The molecular formula is C11H9FN2. The first-order chi connectivity index (χ1) is 6.76. The van der Waals surface area contributed by atoms with Gasteiger partial charge in [0.25, 0.3) is 0 Å². The van der Waals surface area contributed by atoms with E-state index in [-0.39, 0.29) is 5.82 Å². The molecule has 0 aliphatic carbocycles. The summed E-state index contributed by atoms with van der Waals surface area (Å²) in [6.45, 7) is 1.90. The summed E-state index contributed by atoms with van der Waals surface area (Å²) in [5.74, 6) is -0.240. The Labute approximate surface area is 81.0 Å². The first kappa shape index (κ1) is 8.76. The van der Waals surface area contributed by atoms with Gasteiger partial charge in [0.15, 0.2) is 0 Å². The zero-order valence-corrected chi connectivity index (χ0v) is 7.76. The monoisotopic (exact) mass is 188 g/mol. The average Bonchev–Trinajstić information content (AvgIpc) is 2.58. The number of benzene rings is 1. The van der Waals surface area contributed by atoms with Gasteiger partial charge in [0.1, 0.15) is 11.9 Å². The molecular weight excluding hydrogens is 179 g/mol. The van der Waals surface area contributed by atoms with Crippen LogP contribution in [0.3, 0.4) is 0 Å². The second-order valence-corrected chi connectivity index (χ2v) is 3.16. The Hall–Kier alpha value is -1.82. The number of fused-ring (bicyclic) bond motifs is 1. The van der Waals surface area contributed by atoms with Crippen molar-refractivity contribution in [3.8, 4) is 6.07 Å². The first-order valence-electron chi connectivity index (χ1n) is 4.46. The number of hydrogen-bond acceptors (Lipinski definition) is 1. The molecule has 0 saturated carbocycles. The standard InChI is InChI=1S/C11H9FN2/c1-2-7-3-11-9(4-10(7)12)8(5-13)6-14-11/h3-4,6,14H,2H2,1H3. The lowest BCUT2D eigenvalue weighted by Gasteiger charge is -1.99. The number of H-pyrrole nitrogens is 1. The molecule has 0 spiro atoms. The molecule has 0 atom stereocenters. The first-order valence-corrected chi connectivity index (χ1v) is 4.46. The van der Waals surface area contributed by atoms with E-state index in [0.717, 1.165) is 5.52 Å². The molecule has 0 aliphatic heterocycles. The highest BCUT2D eigenvalue weighted by Crippen LogP contribution is 2.21. The third-order valence-electron chi connectivity index (χ3n) is 2.35. The minimum Gasteiger partial charge on any atom is -0.360 e. The molecule has 2 nitrogen and oxygen atoms in total. The van der Waals surface area contributed by atoms with E-state index >= 15 is 0 Å². The van der Waals surface area contributed by atoms with E-state index in [1.807, 2.05) is 13.0 Å². The molecule has 1 aromatic carbocycles. The number of aromatic amines is 1. The number of nitriles is 1. The Kier molecular flexibility index (Phi) is 1.97. The van der Waals surface area contributed by atoms with Gasteiger partial charge in [0, 0.05) is 17.1 Å². The molecule has 2 aromatic rings. The van der Waals surface area contributed by atoms with E-state index in [9.17, 15) is 4.39 Å². The third-order valence-corrected chi connectivity index (χ3v) is 2.35. The van der Waals surface area contributed by atoms with Gasteiger partial charge in [-0.25, -0.2) is 4.39 Å². The van der Waals surface area contributed by atoms with Crippen LogP contribution in [0.4, 0.5) is 4.39 Å². The summed E-state index contributed by atoms with van der Waals surface area (Å²) in [5, 5.41) is 9.40. The molecule has 0 aliphatic rings. The Morgan fingerprint density at radius 1 is 1.50 bits per heavy atom. The second-order valence-electron chi connectivity index (χ2n) is 3.16. The van der Waals surface area contributed by atoms with Crippen molar-refractivity contribution < 1.29 is 4.39 Å². The molecule has 1 aromatic heterocycles. The van der Waals surface area contributed by atoms with Crippen LogP contribution in [0.25, 0.3) is 10.9 Å². The molecule has 2 rings (SSSR count). The number of nitrogens with one attached hydrogen (secondary N) is 1. The van der Waals surface area contributed by atoms with E-state index in [4.69, 9.17) is 5.26 Å². The predicted octanol–water partition coefficient (Wildman–Crippen LogP) is 2.74. The van der Waals surface area contributed by atoms with Gasteiger partial charge < -0.3 is 4.98 Å². The van der Waals surface area contributed by atoms with E-state index in [0.29, 0.717) is 22.9 Å². The Bertz CT molecular complexity index is 520. The molecule has 0 unspecified atom stereocenters. The number of aromatic nitrogens is 1. The highest BCUT2D eigenvalue weighted by molar-refractivity contribution is 5.86. The normalized spacial score (nSPS) is 10.4. The highest BCUT2D eigenvalue weighted by atomic mass is 19.1. The molecule has 0 amide bonds. The van der Waals surface area contributed by atoms with Crippen LogP contribution < -0.4 is 0 Å². The van der Waals surface area contributed by atoms with Gasteiger partial charge >= 0.3 is 0 Å². The van der Waals surface area contributed by atoms with E-state index < -0.39 is 0 Å². The minimum atomic E-state index is -0.240. The summed E-state index contributed by atoms with van der Waals surface area (Å²) >= 11 is 0. The zero-order valence-electron chi connectivity index (χ0n) is 7.76. The second kappa shape index (κ2) is 3.15. The lowest BCUT2D eigenvalue weighted by atomic mass is 10.1. The summed E-state index contributed by atoms with van der Waals surface area (Å²) in [4.78, 5) is 2.95. The van der Waals surface area contributed by atoms with Crippen molar-refractivity contribution in [2.45, 2.75) is 13.3 Å². The van der Waals surface area contributed by atoms with Crippen LogP contribution in [0.5, 0.6) is 0 Å². The highest BCUT2D eigenvalue weighted by Gasteiger charge is 2.07. The number of halogens is 1. The summed E-state index contributed by atoms with van der Waals surface area (Å²) in [5.41, 5.74) is 1.98. The third kappa shape index (κ3) is 1.16. The van der Waals surface area contributed by atoms with Crippen LogP contribution in [-0.2, 0) is 6.42 Å². The van der Waals surface area contributed by atoms with Crippen molar-refractivity contribution in [1.29, 1.82) is 5.26 Å². The van der Waals surface area contributed by atoms with Crippen LogP contribution >= 0.6 is 0 Å². The van der Waals surface area contributed by atoms with Crippen molar-refractivity contribution >= 4 is 10.9 Å². The van der Waals surface area contributed by atoms with Gasteiger partial charge in [0.05, 0.1) is 5.56 Å². The van der Waals surface area contributed by atoms with Gasteiger partial charge in [-0.2, -0.15) is 5.26 Å². The maximum Gasteiger partial charge on any atom is 0.127 e. The lowest BCUT2D eigenvalue weighted by Crippen LogP contribution is -1.87. The predicted molar refractivity (Wildman–Crippen MR) is 52.3 cm³/mol. The van der Waals surface area contributed by atoms with Crippen molar-refractivity contribution in [2.75, 3.05) is 0 Å². The van der Waals surface area contributed by atoms with Crippen molar-refractivity contribution in [2.24, 2.45) is 0 Å². The fourth-order valence-corrected chi connectivity index (χ4v) is 1.55. The Balaban J connectivity index is 2.77. The summed E-state index contributed by atoms with van der Waals surface area (Å²) in [6, 6.07) is 5.19. The summed E-state index contributed by atoms with van der Waals surface area (Å²) in [7, 11) is 0. The quantitative estimate of drug-likeness (QED) is 0.734. The van der Waals surface area contributed by atoms with E-state index in [2.05, 4.69) is 4.98 Å². The fourth-order valence-electron chi connectivity index (χ4n) is 1.55. The van der Waals surface area contributed by atoms with Crippen molar-refractivity contribution in [1.82, 2.24) is 4.98 Å². The Morgan fingerprint density at radius 3 is 2.93 bits per heavy atom. The van der Waals surface area contributed by atoms with Gasteiger partial charge in [-0.3, -0.25) is 0 Å². The van der Waals surface area contributed by atoms with Gasteiger partial charge in [-0.05, 0) is 24.1 Å². The Morgan fingerprint density at radius 2 is 2.29 bits per heavy atom.